The topological polar surface area (TPSA) is 30.5 Å². The molecule has 0 radical (unpaired) electrons. The number of hydrogen-bond donors (Lipinski definition) is 1. The molecule has 0 saturated carbocycles. The van der Waals surface area contributed by atoms with Crippen molar-refractivity contribution >= 4 is 0 Å². The summed E-state index contributed by atoms with van der Waals surface area (Å²) >= 11 is 0. The maximum absolute atomic E-state index is 13.4. The molecule has 2 rings (SSSR count). The third-order valence-electron chi connectivity index (χ3n) is 3.84. The van der Waals surface area contributed by atoms with E-state index in [0.717, 1.165) is 30.8 Å². The molecule has 1 aliphatic rings. The minimum absolute atomic E-state index is 0.0412. The van der Waals surface area contributed by atoms with Gasteiger partial charge in [0.15, 0.2) is 0 Å². The first-order chi connectivity index (χ1) is 9.41. The van der Waals surface area contributed by atoms with Gasteiger partial charge in [-0.15, -0.1) is 0 Å². The molecule has 0 amide bonds. The maximum Gasteiger partial charge on any atom is 0.123 e. The second-order valence-corrected chi connectivity index (χ2v) is 6.07. The van der Waals surface area contributed by atoms with Gasteiger partial charge in [-0.1, -0.05) is 0 Å². The largest absolute Gasteiger partial charge is 0.496 e. The van der Waals surface area contributed by atoms with Crippen molar-refractivity contribution in [1.29, 1.82) is 0 Å². The van der Waals surface area contributed by atoms with Gasteiger partial charge in [0.1, 0.15) is 11.6 Å². The van der Waals surface area contributed by atoms with Crippen LogP contribution in [0, 0.1) is 5.82 Å². The van der Waals surface area contributed by atoms with E-state index in [2.05, 4.69) is 19.2 Å². The summed E-state index contributed by atoms with van der Waals surface area (Å²) in [7, 11) is 1.61. The van der Waals surface area contributed by atoms with Crippen LogP contribution in [0.4, 0.5) is 4.39 Å². The smallest absolute Gasteiger partial charge is 0.123 e. The summed E-state index contributed by atoms with van der Waals surface area (Å²) in [6.45, 7) is 7.01. The van der Waals surface area contributed by atoms with Gasteiger partial charge in [0.2, 0.25) is 0 Å². The molecule has 1 aliphatic heterocycles. The first-order valence-electron chi connectivity index (χ1n) is 7.15. The van der Waals surface area contributed by atoms with Gasteiger partial charge in [0.25, 0.3) is 0 Å². The fourth-order valence-electron chi connectivity index (χ4n) is 2.86. The van der Waals surface area contributed by atoms with Crippen LogP contribution in [0.1, 0.15) is 45.2 Å². The molecule has 0 aromatic heterocycles. The molecular formula is C16H24FNO2. The molecule has 1 N–H and O–H groups in total. The van der Waals surface area contributed by atoms with Crippen LogP contribution in [0.2, 0.25) is 0 Å². The van der Waals surface area contributed by atoms with Crippen LogP contribution in [-0.2, 0) is 4.74 Å². The molecule has 20 heavy (non-hydrogen) atoms. The Morgan fingerprint density at radius 2 is 2.20 bits per heavy atom. The van der Waals surface area contributed by atoms with E-state index in [1.807, 2.05) is 6.92 Å². The first-order valence-corrected chi connectivity index (χ1v) is 7.15. The van der Waals surface area contributed by atoms with Gasteiger partial charge in [0, 0.05) is 24.3 Å². The summed E-state index contributed by atoms with van der Waals surface area (Å²) in [5.74, 6) is 0.486. The number of hydrogen-bond acceptors (Lipinski definition) is 3. The van der Waals surface area contributed by atoms with Crippen molar-refractivity contribution in [1.82, 2.24) is 5.32 Å². The minimum Gasteiger partial charge on any atom is -0.496 e. The Morgan fingerprint density at radius 1 is 1.45 bits per heavy atom. The third-order valence-corrected chi connectivity index (χ3v) is 3.84. The number of ether oxygens (including phenoxy) is 2. The lowest BCUT2D eigenvalue weighted by molar-refractivity contribution is -0.0640. The van der Waals surface area contributed by atoms with E-state index in [0.29, 0.717) is 6.04 Å². The molecule has 1 aromatic rings. The fourth-order valence-corrected chi connectivity index (χ4v) is 2.86. The Kier molecular flexibility index (Phi) is 4.66. The fraction of sp³-hybridized carbons (Fsp3) is 0.625. The SMILES string of the molecule is COc1ccc(F)cc1C(C)NC1CCOC(C)(C)C1. The Morgan fingerprint density at radius 3 is 2.85 bits per heavy atom. The van der Waals surface area contributed by atoms with Gasteiger partial charge in [0.05, 0.1) is 12.7 Å². The van der Waals surface area contributed by atoms with E-state index in [-0.39, 0.29) is 17.5 Å². The molecule has 0 aliphatic carbocycles. The predicted octanol–water partition coefficient (Wildman–Crippen LogP) is 3.44. The molecule has 112 valence electrons. The highest BCUT2D eigenvalue weighted by atomic mass is 19.1. The van der Waals surface area contributed by atoms with Gasteiger partial charge in [-0.2, -0.15) is 0 Å². The van der Waals surface area contributed by atoms with E-state index >= 15 is 0 Å². The van der Waals surface area contributed by atoms with Gasteiger partial charge in [-0.3, -0.25) is 0 Å². The molecule has 0 spiro atoms. The predicted molar refractivity (Wildman–Crippen MR) is 77.6 cm³/mol. The average Bonchev–Trinajstić information content (AvgIpc) is 2.37. The van der Waals surface area contributed by atoms with E-state index in [4.69, 9.17) is 9.47 Å². The quantitative estimate of drug-likeness (QED) is 0.917. The average molecular weight is 281 g/mol. The number of methoxy groups -OCH3 is 1. The van der Waals surface area contributed by atoms with E-state index in [1.165, 1.54) is 6.07 Å². The monoisotopic (exact) mass is 281 g/mol. The van der Waals surface area contributed by atoms with E-state index in [9.17, 15) is 4.39 Å². The van der Waals surface area contributed by atoms with Crippen molar-refractivity contribution in [3.63, 3.8) is 0 Å². The van der Waals surface area contributed by atoms with E-state index in [1.54, 1.807) is 19.2 Å². The Balaban J connectivity index is 2.08. The van der Waals surface area contributed by atoms with E-state index < -0.39 is 0 Å². The summed E-state index contributed by atoms with van der Waals surface area (Å²) in [6, 6.07) is 5.06. The second kappa shape index (κ2) is 6.10. The first kappa shape index (κ1) is 15.3. The zero-order chi connectivity index (χ0) is 14.8. The van der Waals surface area contributed by atoms with Gasteiger partial charge < -0.3 is 14.8 Å². The second-order valence-electron chi connectivity index (χ2n) is 6.07. The number of benzene rings is 1. The molecule has 2 unspecified atom stereocenters. The molecule has 1 heterocycles. The van der Waals surface area contributed by atoms with Crippen molar-refractivity contribution in [2.45, 2.75) is 51.3 Å². The van der Waals surface area contributed by atoms with Crippen molar-refractivity contribution in [3.8, 4) is 5.75 Å². The van der Waals surface area contributed by atoms with Crippen molar-refractivity contribution < 1.29 is 13.9 Å². The van der Waals surface area contributed by atoms with Crippen LogP contribution in [0.15, 0.2) is 18.2 Å². The zero-order valence-corrected chi connectivity index (χ0v) is 12.7. The maximum atomic E-state index is 13.4. The Hall–Kier alpha value is -1.13. The Bertz CT molecular complexity index is 462. The molecule has 2 atom stereocenters. The molecule has 1 fully saturated rings. The molecule has 3 nitrogen and oxygen atoms in total. The minimum atomic E-state index is -0.234. The summed E-state index contributed by atoms with van der Waals surface area (Å²) < 4.78 is 24.5. The van der Waals surface area contributed by atoms with Crippen LogP contribution < -0.4 is 10.1 Å². The van der Waals surface area contributed by atoms with Crippen molar-refractivity contribution in [2.75, 3.05) is 13.7 Å². The zero-order valence-electron chi connectivity index (χ0n) is 12.7. The van der Waals surface area contributed by atoms with Crippen LogP contribution in [0.5, 0.6) is 5.75 Å². The summed E-state index contributed by atoms with van der Waals surface area (Å²) in [6.07, 6.45) is 1.93. The van der Waals surface area contributed by atoms with Crippen molar-refractivity contribution in [3.05, 3.63) is 29.6 Å². The van der Waals surface area contributed by atoms with Crippen LogP contribution in [-0.4, -0.2) is 25.4 Å². The summed E-state index contributed by atoms with van der Waals surface area (Å²) in [5, 5.41) is 3.57. The van der Waals surface area contributed by atoms with Crippen LogP contribution >= 0.6 is 0 Å². The highest BCUT2D eigenvalue weighted by Gasteiger charge is 2.29. The van der Waals surface area contributed by atoms with Gasteiger partial charge in [-0.05, 0) is 51.8 Å². The lowest BCUT2D eigenvalue weighted by Crippen LogP contribution is -2.44. The highest BCUT2D eigenvalue weighted by molar-refractivity contribution is 5.36. The Labute approximate surface area is 120 Å². The number of halogens is 1. The molecular weight excluding hydrogens is 257 g/mol. The van der Waals surface area contributed by atoms with Gasteiger partial charge in [-0.25, -0.2) is 4.39 Å². The molecule has 0 bridgehead atoms. The lowest BCUT2D eigenvalue weighted by atomic mass is 9.93. The van der Waals surface area contributed by atoms with Crippen LogP contribution in [0.25, 0.3) is 0 Å². The molecule has 1 aromatic carbocycles. The van der Waals surface area contributed by atoms with Crippen molar-refractivity contribution in [2.24, 2.45) is 0 Å². The summed E-state index contributed by atoms with van der Waals surface area (Å²) in [4.78, 5) is 0. The lowest BCUT2D eigenvalue weighted by Gasteiger charge is -2.37. The highest BCUT2D eigenvalue weighted by Crippen LogP contribution is 2.29. The standard InChI is InChI=1S/C16H24FNO2/c1-11(14-9-12(17)5-6-15(14)19-4)18-13-7-8-20-16(2,3)10-13/h5-6,9,11,13,18H,7-8,10H2,1-4H3. The third kappa shape index (κ3) is 3.70. The number of nitrogens with one attached hydrogen (secondary N) is 1. The number of rotatable bonds is 4. The molecule has 1 saturated heterocycles. The van der Waals surface area contributed by atoms with Crippen LogP contribution in [0.3, 0.4) is 0 Å². The van der Waals surface area contributed by atoms with Gasteiger partial charge >= 0.3 is 0 Å². The summed E-state index contributed by atoms with van der Waals surface area (Å²) in [5.41, 5.74) is 0.763. The normalized spacial score (nSPS) is 23.4. The molecule has 4 heteroatoms.